The number of carbonyl (C=O) groups is 1. The molecule has 0 unspecified atom stereocenters. The molecule has 0 aliphatic rings. The zero-order valence-corrected chi connectivity index (χ0v) is 13.0. The van der Waals surface area contributed by atoms with E-state index in [-0.39, 0.29) is 18.3 Å². The number of rotatable bonds is 7. The van der Waals surface area contributed by atoms with Crippen LogP contribution in [0.2, 0.25) is 0 Å². The van der Waals surface area contributed by atoms with Crippen molar-refractivity contribution in [1.29, 1.82) is 0 Å². The Labute approximate surface area is 135 Å². The molecule has 1 N–H and O–H groups in total. The van der Waals surface area contributed by atoms with Gasteiger partial charge >= 0.3 is 0 Å². The van der Waals surface area contributed by atoms with Gasteiger partial charge in [-0.05, 0) is 35.2 Å². The molecule has 0 aliphatic carbocycles. The molecule has 0 atom stereocenters. The standard InChI is InChI=1S/C18H19FN2O2/c1-2-14-3-5-16(6-4-14)12-21-23-13-18(22)20-11-15-7-9-17(19)10-8-15/h3-10,12H,2,11,13H2,1H3,(H,20,22)/b21-12-. The number of hydrogen-bond donors (Lipinski definition) is 1. The second-order valence-corrected chi connectivity index (χ2v) is 5.01. The third kappa shape index (κ3) is 5.90. The molecule has 120 valence electrons. The number of aryl methyl sites for hydroxylation is 1. The average molecular weight is 314 g/mol. The van der Waals surface area contributed by atoms with Crippen LogP contribution < -0.4 is 5.32 Å². The molecule has 2 rings (SSSR count). The summed E-state index contributed by atoms with van der Waals surface area (Å²) >= 11 is 0. The highest BCUT2D eigenvalue weighted by atomic mass is 19.1. The molecule has 0 saturated carbocycles. The fraction of sp³-hybridized carbons (Fsp3) is 0.222. The first-order valence-electron chi connectivity index (χ1n) is 7.43. The smallest absolute Gasteiger partial charge is 0.261 e. The monoisotopic (exact) mass is 314 g/mol. The Kier molecular flexibility index (Phi) is 6.29. The van der Waals surface area contributed by atoms with Gasteiger partial charge in [-0.2, -0.15) is 0 Å². The van der Waals surface area contributed by atoms with E-state index in [2.05, 4.69) is 17.4 Å². The van der Waals surface area contributed by atoms with Crippen molar-refractivity contribution in [3.63, 3.8) is 0 Å². The minimum atomic E-state index is -0.301. The fourth-order valence-electron chi connectivity index (χ4n) is 1.89. The van der Waals surface area contributed by atoms with E-state index in [0.29, 0.717) is 6.54 Å². The quantitative estimate of drug-likeness (QED) is 0.631. The van der Waals surface area contributed by atoms with Gasteiger partial charge < -0.3 is 10.2 Å². The molecule has 0 bridgehead atoms. The van der Waals surface area contributed by atoms with E-state index < -0.39 is 0 Å². The Morgan fingerprint density at radius 2 is 1.78 bits per heavy atom. The predicted molar refractivity (Wildman–Crippen MR) is 87.6 cm³/mol. The third-order valence-corrected chi connectivity index (χ3v) is 3.26. The molecule has 2 aromatic rings. The Bertz CT molecular complexity index is 652. The maximum Gasteiger partial charge on any atom is 0.261 e. The van der Waals surface area contributed by atoms with E-state index in [4.69, 9.17) is 4.84 Å². The van der Waals surface area contributed by atoms with Crippen LogP contribution in [0.25, 0.3) is 0 Å². The summed E-state index contributed by atoms with van der Waals surface area (Å²) < 4.78 is 12.8. The lowest BCUT2D eigenvalue weighted by molar-refractivity contribution is -0.125. The van der Waals surface area contributed by atoms with E-state index in [0.717, 1.165) is 17.5 Å². The van der Waals surface area contributed by atoms with Crippen LogP contribution in [0, 0.1) is 5.82 Å². The number of benzene rings is 2. The number of nitrogens with one attached hydrogen (secondary N) is 1. The van der Waals surface area contributed by atoms with Crippen LogP contribution in [0.5, 0.6) is 0 Å². The van der Waals surface area contributed by atoms with E-state index in [1.54, 1.807) is 18.3 Å². The van der Waals surface area contributed by atoms with Gasteiger partial charge in [0.25, 0.3) is 5.91 Å². The highest BCUT2D eigenvalue weighted by Gasteiger charge is 2.01. The van der Waals surface area contributed by atoms with Gasteiger partial charge in [0.1, 0.15) is 5.82 Å². The summed E-state index contributed by atoms with van der Waals surface area (Å²) in [6.45, 7) is 2.26. The molecule has 0 saturated heterocycles. The van der Waals surface area contributed by atoms with Gasteiger partial charge in [-0.1, -0.05) is 48.5 Å². The fourth-order valence-corrected chi connectivity index (χ4v) is 1.89. The SMILES string of the molecule is CCc1ccc(/C=N\OCC(=O)NCc2ccc(F)cc2)cc1. The Balaban J connectivity index is 1.69. The van der Waals surface area contributed by atoms with Gasteiger partial charge in [0.05, 0.1) is 6.21 Å². The molecule has 1 amide bonds. The largest absolute Gasteiger partial charge is 0.386 e. The number of oxime groups is 1. The molecule has 2 aromatic carbocycles. The van der Waals surface area contributed by atoms with Gasteiger partial charge in [0.15, 0.2) is 6.61 Å². The minimum Gasteiger partial charge on any atom is -0.386 e. The lowest BCUT2D eigenvalue weighted by Crippen LogP contribution is -2.26. The van der Waals surface area contributed by atoms with E-state index in [9.17, 15) is 9.18 Å². The summed E-state index contributed by atoms with van der Waals surface area (Å²) in [4.78, 5) is 16.6. The first-order valence-corrected chi connectivity index (χ1v) is 7.43. The van der Waals surface area contributed by atoms with Crippen molar-refractivity contribution in [1.82, 2.24) is 5.32 Å². The molecule has 0 aliphatic heterocycles. The molecule has 4 nitrogen and oxygen atoms in total. The number of hydrogen-bond acceptors (Lipinski definition) is 3. The van der Waals surface area contributed by atoms with Crippen molar-refractivity contribution < 1.29 is 14.0 Å². The van der Waals surface area contributed by atoms with Crippen LogP contribution >= 0.6 is 0 Å². The maximum atomic E-state index is 12.8. The number of carbonyl (C=O) groups excluding carboxylic acids is 1. The van der Waals surface area contributed by atoms with E-state index in [1.165, 1.54) is 17.7 Å². The highest BCUT2D eigenvalue weighted by molar-refractivity contribution is 5.79. The van der Waals surface area contributed by atoms with Crippen LogP contribution in [-0.4, -0.2) is 18.7 Å². The Morgan fingerprint density at radius 1 is 1.13 bits per heavy atom. The molecular weight excluding hydrogens is 295 g/mol. The van der Waals surface area contributed by atoms with Gasteiger partial charge in [0, 0.05) is 6.54 Å². The Morgan fingerprint density at radius 3 is 2.43 bits per heavy atom. The summed E-state index contributed by atoms with van der Waals surface area (Å²) in [5.41, 5.74) is 2.98. The van der Waals surface area contributed by atoms with Crippen LogP contribution in [0.4, 0.5) is 4.39 Å². The van der Waals surface area contributed by atoms with E-state index in [1.807, 2.05) is 24.3 Å². The van der Waals surface area contributed by atoms with Gasteiger partial charge in [0.2, 0.25) is 0 Å². The third-order valence-electron chi connectivity index (χ3n) is 3.26. The molecule has 0 fully saturated rings. The predicted octanol–water partition coefficient (Wildman–Crippen LogP) is 3.06. The average Bonchev–Trinajstić information content (AvgIpc) is 2.59. The second-order valence-electron chi connectivity index (χ2n) is 5.01. The van der Waals surface area contributed by atoms with Gasteiger partial charge in [-0.15, -0.1) is 0 Å². The maximum absolute atomic E-state index is 12.8. The van der Waals surface area contributed by atoms with Crippen molar-refractivity contribution in [2.75, 3.05) is 6.61 Å². The van der Waals surface area contributed by atoms with Crippen LogP contribution in [0.15, 0.2) is 53.7 Å². The number of nitrogens with zero attached hydrogens (tertiary/aromatic N) is 1. The molecule has 0 heterocycles. The number of amides is 1. The van der Waals surface area contributed by atoms with Crippen molar-refractivity contribution in [3.05, 3.63) is 71.0 Å². The normalized spacial score (nSPS) is 10.7. The zero-order chi connectivity index (χ0) is 16.5. The van der Waals surface area contributed by atoms with Gasteiger partial charge in [-0.25, -0.2) is 4.39 Å². The summed E-state index contributed by atoms with van der Waals surface area (Å²) in [7, 11) is 0. The summed E-state index contributed by atoms with van der Waals surface area (Å²) in [5.74, 6) is -0.586. The second kappa shape index (κ2) is 8.68. The minimum absolute atomic E-state index is 0.162. The zero-order valence-electron chi connectivity index (χ0n) is 13.0. The first kappa shape index (κ1) is 16.7. The molecule has 0 aromatic heterocycles. The van der Waals surface area contributed by atoms with Crippen molar-refractivity contribution in [3.8, 4) is 0 Å². The summed E-state index contributed by atoms with van der Waals surface area (Å²) in [5, 5.41) is 6.44. The topological polar surface area (TPSA) is 50.7 Å². The first-order chi connectivity index (χ1) is 11.2. The van der Waals surface area contributed by atoms with Crippen molar-refractivity contribution in [2.45, 2.75) is 19.9 Å². The highest BCUT2D eigenvalue weighted by Crippen LogP contribution is 2.03. The molecule has 0 spiro atoms. The van der Waals surface area contributed by atoms with Crippen LogP contribution in [-0.2, 0) is 22.6 Å². The van der Waals surface area contributed by atoms with Crippen molar-refractivity contribution >= 4 is 12.1 Å². The van der Waals surface area contributed by atoms with Crippen molar-refractivity contribution in [2.24, 2.45) is 5.16 Å². The summed E-state index contributed by atoms with van der Waals surface area (Å²) in [6.07, 6.45) is 2.55. The molecular formula is C18H19FN2O2. The Hall–Kier alpha value is -2.69. The van der Waals surface area contributed by atoms with Crippen LogP contribution in [0.1, 0.15) is 23.6 Å². The molecule has 0 radical (unpaired) electrons. The lowest BCUT2D eigenvalue weighted by Gasteiger charge is -2.04. The lowest BCUT2D eigenvalue weighted by atomic mass is 10.1. The number of halogens is 1. The van der Waals surface area contributed by atoms with E-state index >= 15 is 0 Å². The van der Waals surface area contributed by atoms with Gasteiger partial charge in [-0.3, -0.25) is 4.79 Å². The summed E-state index contributed by atoms with van der Waals surface area (Å²) in [6, 6.07) is 13.9. The molecule has 23 heavy (non-hydrogen) atoms. The van der Waals surface area contributed by atoms with Crippen LogP contribution in [0.3, 0.4) is 0 Å². The molecule has 5 heteroatoms.